The number of hydrogen-bond acceptors (Lipinski definition) is 2. The number of carbonyl (C=O) groups is 1. The molecule has 1 aliphatic carbocycles. The van der Waals surface area contributed by atoms with Gasteiger partial charge in [-0.3, -0.25) is 4.79 Å². The predicted octanol–water partition coefficient (Wildman–Crippen LogP) is 1.98. The maximum absolute atomic E-state index is 12.6. The van der Waals surface area contributed by atoms with E-state index >= 15 is 0 Å². The molecule has 4 atom stereocenters. The van der Waals surface area contributed by atoms with Gasteiger partial charge in [-0.2, -0.15) is 5.26 Å². The Morgan fingerprint density at radius 3 is 2.78 bits per heavy atom. The van der Waals surface area contributed by atoms with Gasteiger partial charge in [0.1, 0.15) is 6.07 Å². The Hall–Kier alpha value is -1.86. The van der Waals surface area contributed by atoms with E-state index < -0.39 is 0 Å². The van der Waals surface area contributed by atoms with Crippen molar-refractivity contribution >= 4 is 11.6 Å². The smallest absolute Gasteiger partial charge is 0.282 e. The van der Waals surface area contributed by atoms with Gasteiger partial charge in [-0.1, -0.05) is 25.0 Å². The van der Waals surface area contributed by atoms with Gasteiger partial charge in [0.25, 0.3) is 5.91 Å². The van der Waals surface area contributed by atoms with Crippen LogP contribution >= 0.6 is 0 Å². The number of benzene rings is 1. The van der Waals surface area contributed by atoms with Crippen LogP contribution in [0.4, 0.5) is 5.69 Å². The summed E-state index contributed by atoms with van der Waals surface area (Å²) in [5.41, 5.74) is 1.15. The highest BCUT2D eigenvalue weighted by Gasteiger charge is 2.37. The molecule has 1 unspecified atom stereocenters. The van der Waals surface area contributed by atoms with Gasteiger partial charge in [-0.05, 0) is 44.2 Å². The van der Waals surface area contributed by atoms with E-state index in [-0.39, 0.29) is 11.9 Å². The third kappa shape index (κ3) is 3.56. The molecular formula is C19H26N3O+. The second-order valence-electron chi connectivity index (χ2n) is 7.07. The number of nitrogens with one attached hydrogen (secondary N) is 2. The molecular weight excluding hydrogens is 286 g/mol. The topological polar surface area (TPSA) is 57.3 Å². The fourth-order valence-electron chi connectivity index (χ4n) is 4.25. The number of piperidine rings is 1. The summed E-state index contributed by atoms with van der Waals surface area (Å²) in [4.78, 5) is 14.0. The zero-order chi connectivity index (χ0) is 16.2. The van der Waals surface area contributed by atoms with Crippen LogP contribution in [0.3, 0.4) is 0 Å². The quantitative estimate of drug-likeness (QED) is 0.896. The molecule has 1 saturated heterocycles. The number of carbonyl (C=O) groups excluding carboxylic acids is 1. The van der Waals surface area contributed by atoms with Crippen LogP contribution in [0.5, 0.6) is 0 Å². The normalized spacial score (nSPS) is 28.3. The summed E-state index contributed by atoms with van der Waals surface area (Å²) in [6, 6.07) is 9.27. The number of nitriles is 1. The summed E-state index contributed by atoms with van der Waals surface area (Å²) in [5, 5.41) is 12.1. The maximum atomic E-state index is 12.6. The fourth-order valence-corrected chi connectivity index (χ4v) is 4.25. The third-order valence-corrected chi connectivity index (χ3v) is 5.74. The lowest BCUT2D eigenvalue weighted by Gasteiger charge is -2.40. The molecule has 0 aromatic heterocycles. The number of quaternary nitrogens is 1. The standard InChI is InChI=1S/C19H25N3O/c1-14(19(23)21-18-9-5-4-7-16(18)12-20)22-11-10-15-6-2-3-8-17(15)13-22/h4-5,7,9,14-15,17H,2-3,6,8,10-11,13H2,1H3,(H,21,23)/p+1/t14-,15-,17+/m0/s1. The van der Waals surface area contributed by atoms with Crippen LogP contribution < -0.4 is 10.2 Å². The van der Waals surface area contributed by atoms with E-state index in [1.165, 1.54) is 37.0 Å². The van der Waals surface area contributed by atoms with E-state index in [1.54, 1.807) is 12.1 Å². The van der Waals surface area contributed by atoms with Gasteiger partial charge in [0.05, 0.1) is 24.3 Å². The number of amides is 1. The molecule has 2 N–H and O–H groups in total. The van der Waals surface area contributed by atoms with E-state index in [2.05, 4.69) is 11.4 Å². The van der Waals surface area contributed by atoms with Crippen molar-refractivity contribution < 1.29 is 9.69 Å². The van der Waals surface area contributed by atoms with Gasteiger partial charge in [0, 0.05) is 5.92 Å². The summed E-state index contributed by atoms with van der Waals surface area (Å²) in [6.45, 7) is 4.23. The number of para-hydroxylation sites is 1. The van der Waals surface area contributed by atoms with Crippen molar-refractivity contribution in [1.82, 2.24) is 0 Å². The first-order chi connectivity index (χ1) is 11.2. The lowest BCUT2D eigenvalue weighted by molar-refractivity contribution is -0.924. The minimum absolute atomic E-state index is 0.0250. The molecule has 4 heteroatoms. The van der Waals surface area contributed by atoms with Crippen LogP contribution in [-0.4, -0.2) is 25.0 Å². The first kappa shape index (κ1) is 16.0. The Bertz CT molecular complexity index is 607. The minimum atomic E-state index is -0.0652. The Morgan fingerprint density at radius 2 is 2.00 bits per heavy atom. The van der Waals surface area contributed by atoms with E-state index in [0.717, 1.165) is 24.9 Å². The second kappa shape index (κ2) is 7.14. The van der Waals surface area contributed by atoms with Gasteiger partial charge >= 0.3 is 0 Å². The van der Waals surface area contributed by atoms with Crippen LogP contribution in [0.25, 0.3) is 0 Å². The monoisotopic (exact) mass is 312 g/mol. The van der Waals surface area contributed by atoms with E-state index in [4.69, 9.17) is 5.26 Å². The van der Waals surface area contributed by atoms with Gasteiger partial charge in [0.2, 0.25) is 0 Å². The molecule has 2 aliphatic rings. The Kier molecular flexibility index (Phi) is 4.97. The minimum Gasteiger partial charge on any atom is -0.325 e. The molecule has 0 spiro atoms. The van der Waals surface area contributed by atoms with Crippen molar-refractivity contribution in [1.29, 1.82) is 5.26 Å². The maximum Gasteiger partial charge on any atom is 0.282 e. The highest BCUT2D eigenvalue weighted by atomic mass is 16.2. The first-order valence-electron chi connectivity index (χ1n) is 8.83. The molecule has 1 aliphatic heterocycles. The van der Waals surface area contributed by atoms with Crippen LogP contribution in [0, 0.1) is 23.2 Å². The Balaban J connectivity index is 1.62. The summed E-state index contributed by atoms with van der Waals surface area (Å²) >= 11 is 0. The lowest BCUT2D eigenvalue weighted by atomic mass is 9.75. The molecule has 2 fully saturated rings. The zero-order valence-electron chi connectivity index (χ0n) is 13.8. The number of nitrogens with zero attached hydrogens (tertiary/aromatic N) is 1. The Morgan fingerprint density at radius 1 is 1.26 bits per heavy atom. The number of anilines is 1. The number of fused-ring (bicyclic) bond motifs is 1. The molecule has 1 aromatic rings. The van der Waals surface area contributed by atoms with E-state index in [0.29, 0.717) is 11.3 Å². The van der Waals surface area contributed by atoms with Gasteiger partial charge in [0.15, 0.2) is 6.04 Å². The highest BCUT2D eigenvalue weighted by Crippen LogP contribution is 2.32. The molecule has 1 heterocycles. The fraction of sp³-hybridized carbons (Fsp3) is 0.579. The van der Waals surface area contributed by atoms with Crippen molar-refractivity contribution in [2.45, 2.75) is 45.1 Å². The van der Waals surface area contributed by atoms with Gasteiger partial charge in [-0.15, -0.1) is 0 Å². The SMILES string of the molecule is C[C@@H](C(=O)Nc1ccccc1C#N)[NH+]1CC[C@@H]2CCCC[C@@H]2C1. The Labute approximate surface area is 138 Å². The van der Waals surface area contributed by atoms with Gasteiger partial charge in [-0.25, -0.2) is 0 Å². The number of hydrogen-bond donors (Lipinski definition) is 2. The summed E-state index contributed by atoms with van der Waals surface area (Å²) in [6.07, 6.45) is 6.71. The van der Waals surface area contributed by atoms with Crippen molar-refractivity contribution in [2.24, 2.45) is 11.8 Å². The van der Waals surface area contributed by atoms with Crippen LogP contribution in [0.15, 0.2) is 24.3 Å². The van der Waals surface area contributed by atoms with Crippen LogP contribution in [0.1, 0.15) is 44.6 Å². The molecule has 0 bridgehead atoms. The molecule has 1 saturated carbocycles. The van der Waals surface area contributed by atoms with Gasteiger partial charge < -0.3 is 10.2 Å². The molecule has 4 nitrogen and oxygen atoms in total. The van der Waals surface area contributed by atoms with E-state index in [9.17, 15) is 4.79 Å². The first-order valence-corrected chi connectivity index (χ1v) is 8.83. The summed E-state index contributed by atoms with van der Waals surface area (Å²) < 4.78 is 0. The van der Waals surface area contributed by atoms with E-state index in [1.807, 2.05) is 19.1 Å². The van der Waals surface area contributed by atoms with Crippen LogP contribution in [0.2, 0.25) is 0 Å². The highest BCUT2D eigenvalue weighted by molar-refractivity contribution is 5.94. The second-order valence-corrected chi connectivity index (χ2v) is 7.07. The van der Waals surface area contributed by atoms with Crippen molar-refractivity contribution in [2.75, 3.05) is 18.4 Å². The van der Waals surface area contributed by atoms with Crippen molar-refractivity contribution in [3.8, 4) is 6.07 Å². The molecule has 122 valence electrons. The predicted molar refractivity (Wildman–Crippen MR) is 90.0 cm³/mol. The summed E-state index contributed by atoms with van der Waals surface area (Å²) in [5.74, 6) is 1.72. The van der Waals surface area contributed by atoms with Crippen LogP contribution in [-0.2, 0) is 4.79 Å². The van der Waals surface area contributed by atoms with Crippen molar-refractivity contribution in [3.05, 3.63) is 29.8 Å². The van der Waals surface area contributed by atoms with Crippen molar-refractivity contribution in [3.63, 3.8) is 0 Å². The third-order valence-electron chi connectivity index (χ3n) is 5.74. The average Bonchev–Trinajstić information content (AvgIpc) is 2.61. The number of rotatable bonds is 3. The molecule has 0 radical (unpaired) electrons. The molecule has 23 heavy (non-hydrogen) atoms. The summed E-state index contributed by atoms with van der Waals surface area (Å²) in [7, 11) is 0. The lowest BCUT2D eigenvalue weighted by Crippen LogP contribution is -3.18. The largest absolute Gasteiger partial charge is 0.325 e. The average molecular weight is 312 g/mol. The molecule has 3 rings (SSSR count). The molecule has 1 aromatic carbocycles. The zero-order valence-corrected chi connectivity index (χ0v) is 13.8. The number of likely N-dealkylation sites (tertiary alicyclic amines) is 1. The molecule has 1 amide bonds.